The lowest BCUT2D eigenvalue weighted by Gasteiger charge is -2.24. The summed E-state index contributed by atoms with van der Waals surface area (Å²) in [5, 5.41) is 2.75. The van der Waals surface area contributed by atoms with Gasteiger partial charge < -0.3 is 15.0 Å². The highest BCUT2D eigenvalue weighted by atomic mass is 32.2. The molecule has 1 amide bonds. The summed E-state index contributed by atoms with van der Waals surface area (Å²) in [5.41, 5.74) is -0.175. The van der Waals surface area contributed by atoms with Crippen LogP contribution in [0.3, 0.4) is 0 Å². The summed E-state index contributed by atoms with van der Waals surface area (Å²) in [6, 6.07) is 11.3. The summed E-state index contributed by atoms with van der Waals surface area (Å²) in [4.78, 5) is 14.8. The van der Waals surface area contributed by atoms with Crippen LogP contribution in [0.5, 0.6) is 5.75 Å². The zero-order chi connectivity index (χ0) is 22.3. The van der Waals surface area contributed by atoms with Crippen molar-refractivity contribution in [3.8, 4) is 5.75 Å². The molecule has 0 atom stereocenters. The van der Waals surface area contributed by atoms with Gasteiger partial charge in [0.25, 0.3) is 10.0 Å². The number of benzene rings is 2. The highest BCUT2D eigenvalue weighted by Gasteiger charge is 2.29. The first kappa shape index (κ1) is 23.0. The van der Waals surface area contributed by atoms with Gasteiger partial charge in [-0.15, -0.1) is 0 Å². The van der Waals surface area contributed by atoms with E-state index in [-0.39, 0.29) is 10.6 Å². The lowest BCUT2D eigenvalue weighted by Crippen LogP contribution is -2.41. The molecule has 7 nitrogen and oxygen atoms in total. The topological polar surface area (TPSA) is 79.0 Å². The summed E-state index contributed by atoms with van der Waals surface area (Å²) in [5.74, 6) is -0.713. The second kappa shape index (κ2) is 10.6. The first-order valence-corrected chi connectivity index (χ1v) is 11.8. The SMILES string of the molecule is COc1ccc(S(=O)(=O)N(CC(=O)NCCCN2CCCC2)c2ccccc2F)cc1. The lowest BCUT2D eigenvalue weighted by atomic mass is 10.3. The first-order chi connectivity index (χ1) is 14.9. The Bertz CT molecular complexity index is 977. The predicted molar refractivity (Wildman–Crippen MR) is 117 cm³/mol. The van der Waals surface area contributed by atoms with Crippen LogP contribution in [0.4, 0.5) is 10.1 Å². The monoisotopic (exact) mass is 449 g/mol. The average Bonchev–Trinajstić information content (AvgIpc) is 3.29. The Morgan fingerprint density at radius 3 is 2.45 bits per heavy atom. The number of amides is 1. The molecule has 3 rings (SSSR count). The van der Waals surface area contributed by atoms with Crippen LogP contribution < -0.4 is 14.4 Å². The molecule has 0 unspecified atom stereocenters. The fourth-order valence-corrected chi connectivity index (χ4v) is 4.98. The van der Waals surface area contributed by atoms with E-state index in [2.05, 4.69) is 10.2 Å². The zero-order valence-corrected chi connectivity index (χ0v) is 18.4. The molecule has 0 radical (unpaired) electrons. The number of likely N-dealkylation sites (tertiary alicyclic amines) is 1. The highest BCUT2D eigenvalue weighted by molar-refractivity contribution is 7.92. The Labute approximate surface area is 182 Å². The van der Waals surface area contributed by atoms with Gasteiger partial charge >= 0.3 is 0 Å². The van der Waals surface area contributed by atoms with Crippen molar-refractivity contribution in [1.29, 1.82) is 0 Å². The third kappa shape index (κ3) is 5.95. The summed E-state index contributed by atoms with van der Waals surface area (Å²) in [7, 11) is -2.70. The standard InChI is InChI=1S/C22H28FN3O4S/c1-30-18-9-11-19(12-10-18)31(28,29)26(21-8-3-2-7-20(21)23)17-22(27)24-13-6-16-25-14-4-5-15-25/h2-3,7-12H,4-6,13-17H2,1H3,(H,24,27). The van der Waals surface area contributed by atoms with Gasteiger partial charge in [-0.05, 0) is 75.3 Å². The molecule has 0 spiro atoms. The van der Waals surface area contributed by atoms with Crippen LogP contribution in [-0.2, 0) is 14.8 Å². The molecular formula is C22H28FN3O4S. The van der Waals surface area contributed by atoms with Crippen molar-refractivity contribution in [3.63, 3.8) is 0 Å². The maximum absolute atomic E-state index is 14.5. The molecule has 0 aromatic heterocycles. The van der Waals surface area contributed by atoms with E-state index in [0.717, 1.165) is 30.4 Å². The Morgan fingerprint density at radius 2 is 1.81 bits per heavy atom. The number of hydrogen-bond acceptors (Lipinski definition) is 5. The van der Waals surface area contributed by atoms with Crippen molar-refractivity contribution in [2.24, 2.45) is 0 Å². The third-order valence-corrected chi connectivity index (χ3v) is 7.00. The number of halogens is 1. The molecule has 9 heteroatoms. The number of carbonyl (C=O) groups excluding carboxylic acids is 1. The number of nitrogens with one attached hydrogen (secondary N) is 1. The molecule has 168 valence electrons. The Kier molecular flexibility index (Phi) is 7.86. The van der Waals surface area contributed by atoms with Gasteiger partial charge in [0, 0.05) is 6.54 Å². The van der Waals surface area contributed by atoms with Crippen LogP contribution in [0.25, 0.3) is 0 Å². The first-order valence-electron chi connectivity index (χ1n) is 10.3. The van der Waals surface area contributed by atoms with E-state index < -0.39 is 28.3 Å². The van der Waals surface area contributed by atoms with Crippen molar-refractivity contribution in [2.75, 3.05) is 44.1 Å². The number of anilines is 1. The van der Waals surface area contributed by atoms with Crippen LogP contribution in [0.15, 0.2) is 53.4 Å². The summed E-state index contributed by atoms with van der Waals surface area (Å²) in [6.45, 7) is 2.97. The van der Waals surface area contributed by atoms with E-state index in [1.54, 1.807) is 0 Å². The van der Waals surface area contributed by atoms with Crippen molar-refractivity contribution >= 4 is 21.6 Å². The number of carbonyl (C=O) groups is 1. The molecular weight excluding hydrogens is 421 g/mol. The van der Waals surface area contributed by atoms with Crippen LogP contribution in [0, 0.1) is 5.82 Å². The zero-order valence-electron chi connectivity index (χ0n) is 17.6. The van der Waals surface area contributed by atoms with Gasteiger partial charge in [0.05, 0.1) is 17.7 Å². The van der Waals surface area contributed by atoms with E-state index in [1.165, 1.54) is 68.5 Å². The van der Waals surface area contributed by atoms with Gasteiger partial charge in [-0.2, -0.15) is 0 Å². The summed E-state index contributed by atoms with van der Waals surface area (Å²) in [6.07, 6.45) is 3.18. The summed E-state index contributed by atoms with van der Waals surface area (Å²) >= 11 is 0. The average molecular weight is 450 g/mol. The fourth-order valence-electron chi connectivity index (χ4n) is 3.55. The second-order valence-corrected chi connectivity index (χ2v) is 9.25. The van der Waals surface area contributed by atoms with E-state index >= 15 is 0 Å². The Hall–Kier alpha value is -2.65. The number of para-hydroxylation sites is 1. The van der Waals surface area contributed by atoms with Crippen molar-refractivity contribution < 1.29 is 22.3 Å². The van der Waals surface area contributed by atoms with Gasteiger partial charge in [-0.25, -0.2) is 12.8 Å². The van der Waals surface area contributed by atoms with Gasteiger partial charge in [0.15, 0.2) is 0 Å². The minimum atomic E-state index is -4.17. The molecule has 31 heavy (non-hydrogen) atoms. The number of hydrogen-bond donors (Lipinski definition) is 1. The fraction of sp³-hybridized carbons (Fsp3) is 0.409. The molecule has 1 saturated heterocycles. The van der Waals surface area contributed by atoms with Crippen LogP contribution >= 0.6 is 0 Å². The molecule has 0 saturated carbocycles. The lowest BCUT2D eigenvalue weighted by molar-refractivity contribution is -0.119. The van der Waals surface area contributed by atoms with Crippen molar-refractivity contribution in [3.05, 3.63) is 54.3 Å². The second-order valence-electron chi connectivity index (χ2n) is 7.39. The van der Waals surface area contributed by atoms with E-state index in [4.69, 9.17) is 4.74 Å². The van der Waals surface area contributed by atoms with Crippen molar-refractivity contribution in [2.45, 2.75) is 24.2 Å². The number of methoxy groups -OCH3 is 1. The minimum Gasteiger partial charge on any atom is -0.497 e. The predicted octanol–water partition coefficient (Wildman–Crippen LogP) is 2.63. The number of sulfonamides is 1. The van der Waals surface area contributed by atoms with Gasteiger partial charge in [0.2, 0.25) is 5.91 Å². The van der Waals surface area contributed by atoms with Gasteiger partial charge in [-0.3, -0.25) is 9.10 Å². The molecule has 0 bridgehead atoms. The number of rotatable bonds is 10. The number of ether oxygens (including phenoxy) is 1. The normalized spacial score (nSPS) is 14.4. The van der Waals surface area contributed by atoms with E-state index in [9.17, 15) is 17.6 Å². The molecule has 1 fully saturated rings. The molecule has 2 aromatic carbocycles. The third-order valence-electron chi connectivity index (χ3n) is 5.23. The quantitative estimate of drug-likeness (QED) is 0.564. The largest absolute Gasteiger partial charge is 0.497 e. The number of nitrogens with zero attached hydrogens (tertiary/aromatic N) is 2. The molecule has 1 aliphatic rings. The van der Waals surface area contributed by atoms with Crippen LogP contribution in [-0.4, -0.2) is 59.1 Å². The Morgan fingerprint density at radius 1 is 1.13 bits per heavy atom. The molecule has 1 heterocycles. The molecule has 2 aromatic rings. The maximum atomic E-state index is 14.5. The van der Waals surface area contributed by atoms with E-state index in [1.807, 2.05) is 0 Å². The minimum absolute atomic E-state index is 0.0570. The van der Waals surface area contributed by atoms with Crippen molar-refractivity contribution in [1.82, 2.24) is 10.2 Å². The molecule has 1 aliphatic heterocycles. The van der Waals surface area contributed by atoms with Gasteiger partial charge in [0.1, 0.15) is 18.1 Å². The van der Waals surface area contributed by atoms with E-state index in [0.29, 0.717) is 12.3 Å². The Balaban J connectivity index is 1.73. The van der Waals surface area contributed by atoms with Crippen LogP contribution in [0.1, 0.15) is 19.3 Å². The summed E-state index contributed by atoms with van der Waals surface area (Å²) < 4.78 is 46.9. The highest BCUT2D eigenvalue weighted by Crippen LogP contribution is 2.27. The smallest absolute Gasteiger partial charge is 0.264 e. The maximum Gasteiger partial charge on any atom is 0.264 e. The molecule has 1 N–H and O–H groups in total. The van der Waals surface area contributed by atoms with Gasteiger partial charge in [-0.1, -0.05) is 12.1 Å². The molecule has 0 aliphatic carbocycles. The van der Waals surface area contributed by atoms with Crippen LogP contribution in [0.2, 0.25) is 0 Å².